The van der Waals surface area contributed by atoms with E-state index in [2.05, 4.69) is 25.6 Å². The fraction of sp³-hybridized carbons (Fsp3) is 0.0286. The van der Waals surface area contributed by atoms with Crippen LogP contribution in [0.25, 0.3) is 22.0 Å². The molecule has 6 nitrogen and oxygen atoms in total. The van der Waals surface area contributed by atoms with E-state index < -0.39 is 21.7 Å². The normalized spacial score (nSPS) is 11.9. The number of aryl methyl sites for hydroxylation is 1. The Hall–Kier alpha value is -4.35. The molecule has 0 saturated carbocycles. The molecule has 0 bridgehead atoms. The van der Waals surface area contributed by atoms with E-state index in [-0.39, 0.29) is 16.7 Å². The molecule has 0 radical (unpaired) electrons. The lowest BCUT2D eigenvalue weighted by Crippen LogP contribution is -2.34. The number of nitrogens with zero attached hydrogens (tertiary/aromatic N) is 3. The van der Waals surface area contributed by atoms with E-state index in [1.54, 1.807) is 78.9 Å². The van der Waals surface area contributed by atoms with Crippen molar-refractivity contribution in [3.05, 3.63) is 147 Å². The number of hydrogen-bond donors (Lipinski definition) is 1. The second-order valence-corrected chi connectivity index (χ2v) is 13.7. The van der Waals surface area contributed by atoms with Crippen molar-refractivity contribution in [3.63, 3.8) is 0 Å². The number of fused-ring (bicyclic) bond motifs is 1. The van der Waals surface area contributed by atoms with E-state index in [0.717, 1.165) is 5.56 Å². The highest BCUT2D eigenvalue weighted by molar-refractivity contribution is 9.10. The highest BCUT2D eigenvalue weighted by Gasteiger charge is 2.27. The molecule has 47 heavy (non-hydrogen) atoms. The number of pyridine rings is 1. The van der Waals surface area contributed by atoms with Crippen LogP contribution >= 0.6 is 39.1 Å². The molecular formula is C35H23BrCl2F2N4O2S. The maximum absolute atomic E-state index is 14.8. The van der Waals surface area contributed by atoms with Gasteiger partial charge in [-0.1, -0.05) is 40.9 Å². The zero-order valence-electron chi connectivity index (χ0n) is 24.4. The second kappa shape index (κ2) is 13.4. The third-order valence-electron chi connectivity index (χ3n) is 7.14. The summed E-state index contributed by atoms with van der Waals surface area (Å²) in [5.41, 5.74) is 2.65. The van der Waals surface area contributed by atoms with Gasteiger partial charge < -0.3 is 5.32 Å². The lowest BCUT2D eigenvalue weighted by Gasteiger charge is -2.28. The minimum atomic E-state index is -4.32. The minimum absolute atomic E-state index is 0.0303. The van der Waals surface area contributed by atoms with Gasteiger partial charge in [0.05, 0.1) is 20.7 Å². The van der Waals surface area contributed by atoms with Gasteiger partial charge in [-0.25, -0.2) is 13.8 Å². The Morgan fingerprint density at radius 2 is 1.38 bits per heavy atom. The van der Waals surface area contributed by atoms with Crippen LogP contribution in [0.5, 0.6) is 0 Å². The van der Waals surface area contributed by atoms with E-state index in [9.17, 15) is 17.2 Å². The Balaban J connectivity index is 1.68. The first kappa shape index (κ1) is 32.6. The summed E-state index contributed by atoms with van der Waals surface area (Å²) in [5, 5.41) is 4.94. The quantitative estimate of drug-likeness (QED) is 0.135. The van der Waals surface area contributed by atoms with Crippen molar-refractivity contribution in [1.82, 2.24) is 4.98 Å². The lowest BCUT2D eigenvalue weighted by molar-refractivity contribution is 0.598. The average Bonchev–Trinajstić information content (AvgIpc) is 3.05. The fourth-order valence-electron chi connectivity index (χ4n) is 4.80. The average molecular weight is 752 g/mol. The van der Waals surface area contributed by atoms with Gasteiger partial charge in [0.1, 0.15) is 17.5 Å². The van der Waals surface area contributed by atoms with Crippen LogP contribution in [0.4, 0.5) is 26.0 Å². The molecule has 12 heteroatoms. The molecule has 0 aliphatic rings. The summed E-state index contributed by atoms with van der Waals surface area (Å²) in [6.45, 7) is 1.85. The van der Waals surface area contributed by atoms with Gasteiger partial charge in [0, 0.05) is 32.1 Å². The van der Waals surface area contributed by atoms with Gasteiger partial charge in [-0.05, 0) is 126 Å². The molecule has 1 N–H and O–H groups in total. The summed E-state index contributed by atoms with van der Waals surface area (Å²) in [6.07, 6.45) is 0. The van der Waals surface area contributed by atoms with Gasteiger partial charge in [0.15, 0.2) is 0 Å². The van der Waals surface area contributed by atoms with Crippen molar-refractivity contribution in [1.29, 1.82) is 0 Å². The fourth-order valence-corrected chi connectivity index (χ4v) is 6.64. The first-order chi connectivity index (χ1) is 22.5. The van der Waals surface area contributed by atoms with Crippen LogP contribution in [0.1, 0.15) is 5.56 Å². The first-order valence-electron chi connectivity index (χ1n) is 14.0. The summed E-state index contributed by atoms with van der Waals surface area (Å²) in [6, 6.07) is 29.4. The van der Waals surface area contributed by atoms with Crippen molar-refractivity contribution in [3.8, 4) is 11.3 Å². The van der Waals surface area contributed by atoms with Gasteiger partial charge in [0.2, 0.25) is 5.96 Å². The van der Waals surface area contributed by atoms with Crippen LogP contribution in [0.15, 0.2) is 129 Å². The lowest BCUT2D eigenvalue weighted by atomic mass is 10.1. The minimum Gasteiger partial charge on any atom is -0.325 e. The monoisotopic (exact) mass is 750 g/mol. The number of rotatable bonds is 6. The molecule has 0 fully saturated rings. The van der Waals surface area contributed by atoms with E-state index in [1.165, 1.54) is 41.3 Å². The van der Waals surface area contributed by atoms with Gasteiger partial charge in [-0.15, -0.1) is 4.40 Å². The molecule has 0 spiro atoms. The van der Waals surface area contributed by atoms with Crippen molar-refractivity contribution >= 4 is 83.1 Å². The van der Waals surface area contributed by atoms with Crippen LogP contribution in [0.2, 0.25) is 10.0 Å². The molecular weight excluding hydrogens is 729 g/mol. The summed E-state index contributed by atoms with van der Waals surface area (Å²) in [5.74, 6) is -0.902. The largest absolute Gasteiger partial charge is 0.325 e. The molecule has 0 saturated heterocycles. The molecule has 0 atom stereocenters. The topological polar surface area (TPSA) is 74.7 Å². The van der Waals surface area contributed by atoms with Crippen LogP contribution in [-0.4, -0.2) is 19.4 Å². The van der Waals surface area contributed by atoms with Crippen LogP contribution in [0.3, 0.4) is 0 Å². The smallest absolute Gasteiger partial charge is 0.285 e. The number of hydrogen-bond acceptors (Lipinski definition) is 3. The van der Waals surface area contributed by atoms with Crippen molar-refractivity contribution in [2.75, 3.05) is 10.2 Å². The molecule has 0 aliphatic heterocycles. The Morgan fingerprint density at radius 3 is 2.02 bits per heavy atom. The number of sulfonamides is 1. The van der Waals surface area contributed by atoms with Crippen molar-refractivity contribution < 1.29 is 17.2 Å². The summed E-state index contributed by atoms with van der Waals surface area (Å²) < 4.78 is 61.3. The molecule has 6 rings (SSSR count). The predicted molar refractivity (Wildman–Crippen MR) is 189 cm³/mol. The zero-order valence-corrected chi connectivity index (χ0v) is 28.3. The van der Waals surface area contributed by atoms with Gasteiger partial charge >= 0.3 is 0 Å². The maximum atomic E-state index is 14.8. The third kappa shape index (κ3) is 7.16. The Bertz CT molecular complexity index is 2240. The number of nitrogens with one attached hydrogen (secondary N) is 1. The molecule has 0 aliphatic carbocycles. The Kier molecular flexibility index (Phi) is 9.29. The number of guanidine groups is 1. The molecule has 236 valence electrons. The standard InChI is InChI=1S/C35H23BrCl2F2N4O2S/c1-21-2-17-29(18-3-21)47(45,46)43-35(41-27-13-6-23(37)7-14-27)44(28-15-8-24(38)9-16-28)34-30-19-12-26(40)20-31(30)32(36)33(42-34)22-4-10-25(39)11-5-22/h2-20H,1H3,(H,41,43). The molecule has 1 heterocycles. The summed E-state index contributed by atoms with van der Waals surface area (Å²) in [4.78, 5) is 6.46. The third-order valence-corrected chi connectivity index (χ3v) is 9.72. The van der Waals surface area contributed by atoms with Gasteiger partial charge in [-0.2, -0.15) is 8.42 Å². The van der Waals surface area contributed by atoms with Crippen molar-refractivity contribution in [2.24, 2.45) is 4.40 Å². The summed E-state index contributed by atoms with van der Waals surface area (Å²) in [7, 11) is -4.32. The molecule has 0 unspecified atom stereocenters. The van der Waals surface area contributed by atoms with E-state index in [0.29, 0.717) is 47.9 Å². The number of anilines is 3. The van der Waals surface area contributed by atoms with Gasteiger partial charge in [-0.3, -0.25) is 4.90 Å². The second-order valence-electron chi connectivity index (χ2n) is 10.4. The molecule has 0 amide bonds. The highest BCUT2D eigenvalue weighted by Crippen LogP contribution is 2.41. The van der Waals surface area contributed by atoms with E-state index in [4.69, 9.17) is 28.2 Å². The van der Waals surface area contributed by atoms with Crippen LogP contribution in [0, 0.1) is 18.6 Å². The Labute approximate surface area is 288 Å². The zero-order chi connectivity index (χ0) is 33.3. The van der Waals surface area contributed by atoms with Crippen LogP contribution in [-0.2, 0) is 10.0 Å². The maximum Gasteiger partial charge on any atom is 0.285 e. The SMILES string of the molecule is Cc1ccc(S(=O)(=O)/N=C(\Nc2ccc(Cl)cc2)N(c2ccc(Cl)cc2)c2nc(-c3ccc(F)cc3)c(Br)c3cc(F)ccc23)cc1. The molecule has 1 aromatic heterocycles. The number of benzene rings is 5. The van der Waals surface area contributed by atoms with Gasteiger partial charge in [0.25, 0.3) is 10.0 Å². The summed E-state index contributed by atoms with van der Waals surface area (Å²) >= 11 is 16.0. The number of aromatic nitrogens is 1. The van der Waals surface area contributed by atoms with Crippen LogP contribution < -0.4 is 10.2 Å². The number of halogens is 5. The highest BCUT2D eigenvalue weighted by atomic mass is 79.9. The molecule has 5 aromatic carbocycles. The Morgan fingerprint density at radius 1 is 0.787 bits per heavy atom. The van der Waals surface area contributed by atoms with Crippen molar-refractivity contribution in [2.45, 2.75) is 11.8 Å². The predicted octanol–water partition coefficient (Wildman–Crippen LogP) is 10.6. The van der Waals surface area contributed by atoms with E-state index in [1.807, 2.05) is 6.92 Å². The van der Waals surface area contributed by atoms with E-state index >= 15 is 0 Å². The first-order valence-corrected chi connectivity index (χ1v) is 17.0. The molecule has 6 aromatic rings.